The summed E-state index contributed by atoms with van der Waals surface area (Å²) in [6.07, 6.45) is 13.8. The van der Waals surface area contributed by atoms with Crippen LogP contribution in [-0.2, 0) is 0 Å². The van der Waals surface area contributed by atoms with Gasteiger partial charge in [0.15, 0.2) is 0 Å². The minimum absolute atomic E-state index is 0.525. The third-order valence-corrected chi connectivity index (χ3v) is 4.65. The first-order valence-corrected chi connectivity index (χ1v) is 9.21. The van der Waals surface area contributed by atoms with Gasteiger partial charge >= 0.3 is 0 Å². The Kier molecular flexibility index (Phi) is 7.48. The van der Waals surface area contributed by atoms with Crippen molar-refractivity contribution in [2.75, 3.05) is 0 Å². The fraction of sp³-hybridized carbons (Fsp3) is 0.650. The molecule has 0 N–H and O–H groups in total. The third-order valence-electron chi connectivity index (χ3n) is 4.65. The number of hydrogen-bond acceptors (Lipinski definition) is 1. The zero-order chi connectivity index (χ0) is 15.6. The Hall–Kier alpha value is -1.31. The van der Waals surface area contributed by atoms with Crippen molar-refractivity contribution in [1.82, 2.24) is 5.43 Å². The van der Waals surface area contributed by atoms with Crippen molar-refractivity contribution >= 4 is 11.4 Å². The van der Waals surface area contributed by atoms with Crippen molar-refractivity contribution in [2.24, 2.45) is 11.0 Å². The molecule has 121 valence electrons. The van der Waals surface area contributed by atoms with Crippen molar-refractivity contribution < 1.29 is 0 Å². The Morgan fingerprint density at radius 3 is 2.23 bits per heavy atom. The van der Waals surface area contributed by atoms with Gasteiger partial charge in [0, 0.05) is 11.5 Å². The van der Waals surface area contributed by atoms with E-state index >= 15 is 0 Å². The van der Waals surface area contributed by atoms with E-state index < -0.39 is 0 Å². The van der Waals surface area contributed by atoms with Crippen LogP contribution in [0.15, 0.2) is 29.4 Å². The average Bonchev–Trinajstić information content (AvgIpc) is 2.97. The molecule has 22 heavy (non-hydrogen) atoms. The maximum atomic E-state index is 4.40. The van der Waals surface area contributed by atoms with Gasteiger partial charge in [0.25, 0.3) is 0 Å². The molecule has 0 bridgehead atoms. The van der Waals surface area contributed by atoms with Gasteiger partial charge in [0.1, 0.15) is 0 Å². The summed E-state index contributed by atoms with van der Waals surface area (Å²) >= 11 is 0. The van der Waals surface area contributed by atoms with Gasteiger partial charge < -0.3 is 0 Å². The molecule has 1 unspecified atom stereocenters. The summed E-state index contributed by atoms with van der Waals surface area (Å²) in [6.45, 7) is 4.57. The summed E-state index contributed by atoms with van der Waals surface area (Å²) in [4.78, 5) is 0. The van der Waals surface area contributed by atoms with E-state index in [9.17, 15) is 0 Å². The lowest BCUT2D eigenvalue weighted by Gasteiger charge is -2.11. The lowest BCUT2D eigenvalue weighted by atomic mass is 9.93. The Morgan fingerprint density at radius 1 is 0.864 bits per heavy atom. The molecule has 2 rings (SSSR count). The number of hydrogen-bond donors (Lipinski definition) is 0. The molecular formula is C20H31N2. The van der Waals surface area contributed by atoms with Crippen molar-refractivity contribution in [3.05, 3.63) is 29.8 Å². The van der Waals surface area contributed by atoms with Crippen LogP contribution in [0.25, 0.3) is 0 Å². The minimum Gasteiger partial charge on any atom is -0.154 e. The predicted octanol–water partition coefficient (Wildman–Crippen LogP) is 6.20. The minimum atomic E-state index is 0.525. The van der Waals surface area contributed by atoms with E-state index in [2.05, 4.69) is 42.6 Å². The topological polar surface area (TPSA) is 26.5 Å². The first kappa shape index (κ1) is 17.1. The molecular weight excluding hydrogens is 268 g/mol. The van der Waals surface area contributed by atoms with Crippen LogP contribution in [0.4, 0.5) is 5.69 Å². The Morgan fingerprint density at radius 2 is 1.50 bits per heavy atom. The van der Waals surface area contributed by atoms with Crippen LogP contribution in [0.1, 0.15) is 83.6 Å². The summed E-state index contributed by atoms with van der Waals surface area (Å²) in [5.74, 6) is 0.525. The molecule has 0 saturated heterocycles. The van der Waals surface area contributed by atoms with Gasteiger partial charge in [0.05, 0.1) is 11.4 Å². The van der Waals surface area contributed by atoms with Crippen molar-refractivity contribution in [3.8, 4) is 0 Å². The number of nitrogens with zero attached hydrogens (tertiary/aromatic N) is 2. The summed E-state index contributed by atoms with van der Waals surface area (Å²) in [5, 5.41) is 4.40. The third kappa shape index (κ3) is 5.15. The molecule has 0 amide bonds. The molecule has 0 aromatic heterocycles. The van der Waals surface area contributed by atoms with E-state index in [1.165, 1.54) is 75.5 Å². The Labute approximate surface area is 136 Å². The first-order valence-electron chi connectivity index (χ1n) is 9.21. The quantitative estimate of drug-likeness (QED) is 0.435. The molecule has 0 spiro atoms. The highest BCUT2D eigenvalue weighted by atomic mass is 15.3. The van der Waals surface area contributed by atoms with Crippen LogP contribution in [0.5, 0.6) is 0 Å². The average molecular weight is 299 g/mol. The van der Waals surface area contributed by atoms with Gasteiger partial charge in [-0.25, -0.2) is 0 Å². The number of rotatable bonds is 11. The van der Waals surface area contributed by atoms with E-state index in [-0.39, 0.29) is 0 Å². The smallest absolute Gasteiger partial charge is 0.0948 e. The maximum absolute atomic E-state index is 4.40. The van der Waals surface area contributed by atoms with Gasteiger partial charge in [-0.3, -0.25) is 0 Å². The summed E-state index contributed by atoms with van der Waals surface area (Å²) < 4.78 is 0. The van der Waals surface area contributed by atoms with Gasteiger partial charge in [-0.05, 0) is 12.5 Å². The normalized spacial score (nSPS) is 14.4. The second kappa shape index (κ2) is 9.66. The summed E-state index contributed by atoms with van der Waals surface area (Å²) in [7, 11) is 0. The van der Waals surface area contributed by atoms with Gasteiger partial charge in [-0.15, -0.1) is 0 Å². The SMILES string of the molecule is CCCCCCCCCCCC(C)C1=N[N]c2ccccc21. The van der Waals surface area contributed by atoms with Crippen molar-refractivity contribution in [3.63, 3.8) is 0 Å². The van der Waals surface area contributed by atoms with Crippen LogP contribution in [0.3, 0.4) is 0 Å². The largest absolute Gasteiger partial charge is 0.154 e. The molecule has 1 aromatic carbocycles. The molecule has 1 aliphatic heterocycles. The zero-order valence-electron chi connectivity index (χ0n) is 14.4. The van der Waals surface area contributed by atoms with Crippen molar-refractivity contribution in [2.45, 2.75) is 78.1 Å². The van der Waals surface area contributed by atoms with Crippen LogP contribution < -0.4 is 5.43 Å². The molecule has 0 aliphatic carbocycles. The van der Waals surface area contributed by atoms with Gasteiger partial charge in [-0.1, -0.05) is 89.8 Å². The molecule has 1 heterocycles. The number of unbranched alkanes of at least 4 members (excludes halogenated alkanes) is 8. The van der Waals surface area contributed by atoms with Crippen molar-refractivity contribution in [1.29, 1.82) is 0 Å². The molecule has 1 radical (unpaired) electrons. The molecule has 1 atom stereocenters. The van der Waals surface area contributed by atoms with Gasteiger partial charge in [-0.2, -0.15) is 10.5 Å². The highest BCUT2D eigenvalue weighted by Crippen LogP contribution is 2.27. The molecule has 2 heteroatoms. The number of benzene rings is 1. The summed E-state index contributed by atoms with van der Waals surface area (Å²) in [5.41, 5.74) is 7.75. The summed E-state index contributed by atoms with van der Waals surface area (Å²) in [6, 6.07) is 8.32. The lowest BCUT2D eigenvalue weighted by molar-refractivity contribution is 0.538. The van der Waals surface area contributed by atoms with Crippen LogP contribution >= 0.6 is 0 Å². The fourth-order valence-corrected chi connectivity index (χ4v) is 3.20. The number of fused-ring (bicyclic) bond motifs is 1. The second-order valence-corrected chi connectivity index (χ2v) is 6.62. The van der Waals surface area contributed by atoms with Crippen LogP contribution in [0, 0.1) is 5.92 Å². The van der Waals surface area contributed by atoms with Gasteiger partial charge in [0.2, 0.25) is 0 Å². The molecule has 0 saturated carbocycles. The predicted molar refractivity (Wildman–Crippen MR) is 95.8 cm³/mol. The maximum Gasteiger partial charge on any atom is 0.0948 e. The first-order chi connectivity index (χ1) is 10.8. The molecule has 1 aliphatic rings. The van der Waals surface area contributed by atoms with E-state index in [0.717, 1.165) is 5.69 Å². The zero-order valence-corrected chi connectivity index (χ0v) is 14.4. The Balaban J connectivity index is 1.56. The van der Waals surface area contributed by atoms with E-state index in [1.807, 2.05) is 6.07 Å². The van der Waals surface area contributed by atoms with E-state index in [4.69, 9.17) is 0 Å². The fourth-order valence-electron chi connectivity index (χ4n) is 3.20. The second-order valence-electron chi connectivity index (χ2n) is 6.62. The highest BCUT2D eigenvalue weighted by Gasteiger charge is 2.21. The van der Waals surface area contributed by atoms with E-state index in [0.29, 0.717) is 5.92 Å². The lowest BCUT2D eigenvalue weighted by Crippen LogP contribution is -2.10. The van der Waals surface area contributed by atoms with Crippen LogP contribution in [-0.4, -0.2) is 5.71 Å². The molecule has 0 fully saturated rings. The monoisotopic (exact) mass is 299 g/mol. The highest BCUT2D eigenvalue weighted by molar-refractivity contribution is 6.07. The molecule has 2 nitrogen and oxygen atoms in total. The Bertz CT molecular complexity index is 465. The standard InChI is InChI=1S/C20H31N2/c1-3-4-5-6-7-8-9-10-11-14-17(2)20-18-15-12-13-16-19(18)21-22-20/h12-13,15-17H,3-11,14H2,1-2H3. The van der Waals surface area contributed by atoms with E-state index in [1.54, 1.807) is 0 Å². The van der Waals surface area contributed by atoms with Crippen LogP contribution in [0.2, 0.25) is 0 Å². The molecule has 1 aromatic rings.